The zero-order valence-corrected chi connectivity index (χ0v) is 9.23. The summed E-state index contributed by atoms with van der Waals surface area (Å²) in [4.78, 5) is 0. The normalized spacial score (nSPS) is 14.0. The molecule has 0 heterocycles. The Balaban J connectivity index is 3.47. The maximum absolute atomic E-state index is 10.8. The number of rotatable bonds is 7. The molecular formula is C9H19NO2S. The second-order valence-corrected chi connectivity index (χ2v) is 5.61. The van der Waals surface area contributed by atoms with Crippen LogP contribution in [0.1, 0.15) is 19.8 Å². The number of hydrogen-bond acceptors (Lipinski definition) is 3. The van der Waals surface area contributed by atoms with Gasteiger partial charge < -0.3 is 5.32 Å². The van der Waals surface area contributed by atoms with Gasteiger partial charge in [-0.15, -0.1) is 6.58 Å². The lowest BCUT2D eigenvalue weighted by atomic mass is 10.2. The van der Waals surface area contributed by atoms with E-state index in [0.29, 0.717) is 12.6 Å². The summed E-state index contributed by atoms with van der Waals surface area (Å²) < 4.78 is 21.5. The summed E-state index contributed by atoms with van der Waals surface area (Å²) in [5, 5.41) is 3.15. The summed E-state index contributed by atoms with van der Waals surface area (Å²) in [6.45, 7) is 6.21. The minimum Gasteiger partial charge on any atom is -0.313 e. The molecule has 0 aliphatic carbocycles. The highest BCUT2D eigenvalue weighted by atomic mass is 32.2. The van der Waals surface area contributed by atoms with Crippen LogP contribution >= 0.6 is 0 Å². The lowest BCUT2D eigenvalue weighted by Crippen LogP contribution is -2.30. The third kappa shape index (κ3) is 9.56. The van der Waals surface area contributed by atoms with E-state index in [1.165, 1.54) is 6.26 Å². The predicted molar refractivity (Wildman–Crippen MR) is 56.6 cm³/mol. The van der Waals surface area contributed by atoms with E-state index in [1.807, 2.05) is 13.0 Å². The van der Waals surface area contributed by atoms with Crippen molar-refractivity contribution in [2.24, 2.45) is 0 Å². The van der Waals surface area contributed by atoms with Gasteiger partial charge >= 0.3 is 0 Å². The summed E-state index contributed by atoms with van der Waals surface area (Å²) in [5.41, 5.74) is 0. The Bertz CT molecular complexity index is 234. The first-order valence-corrected chi connectivity index (χ1v) is 6.54. The van der Waals surface area contributed by atoms with Crippen LogP contribution in [0.4, 0.5) is 0 Å². The molecule has 0 saturated carbocycles. The maximum Gasteiger partial charge on any atom is 0.148 e. The van der Waals surface area contributed by atoms with Crippen molar-refractivity contribution < 1.29 is 8.42 Å². The van der Waals surface area contributed by atoms with Crippen LogP contribution in [-0.2, 0) is 9.84 Å². The van der Waals surface area contributed by atoms with Gasteiger partial charge in [0.2, 0.25) is 0 Å². The fraction of sp³-hybridized carbons (Fsp3) is 0.778. The minimum absolute atomic E-state index is 0.214. The molecule has 0 radical (unpaired) electrons. The second-order valence-electron chi connectivity index (χ2n) is 3.35. The lowest BCUT2D eigenvalue weighted by molar-refractivity contribution is 0.531. The monoisotopic (exact) mass is 205 g/mol. The molecule has 0 aliphatic heterocycles. The molecule has 0 aromatic rings. The van der Waals surface area contributed by atoms with Crippen molar-refractivity contribution in [1.29, 1.82) is 0 Å². The van der Waals surface area contributed by atoms with Crippen LogP contribution in [0.25, 0.3) is 0 Å². The van der Waals surface area contributed by atoms with Crippen molar-refractivity contribution in [2.45, 2.75) is 25.8 Å². The molecule has 0 aromatic heterocycles. The quantitative estimate of drug-likeness (QED) is 0.630. The van der Waals surface area contributed by atoms with E-state index in [2.05, 4.69) is 11.9 Å². The molecule has 0 aromatic carbocycles. The van der Waals surface area contributed by atoms with Gasteiger partial charge in [0.15, 0.2) is 0 Å². The number of allylic oxidation sites excluding steroid dienone is 1. The lowest BCUT2D eigenvalue weighted by Gasteiger charge is -2.11. The highest BCUT2D eigenvalue weighted by molar-refractivity contribution is 7.90. The SMILES string of the molecule is C=CCCC(C)NCCS(C)(=O)=O. The fourth-order valence-corrected chi connectivity index (χ4v) is 1.45. The Morgan fingerprint density at radius 1 is 1.54 bits per heavy atom. The van der Waals surface area contributed by atoms with E-state index in [4.69, 9.17) is 0 Å². The average molecular weight is 205 g/mol. The molecular weight excluding hydrogens is 186 g/mol. The molecule has 0 bridgehead atoms. The van der Waals surface area contributed by atoms with Crippen molar-refractivity contribution in [3.05, 3.63) is 12.7 Å². The molecule has 0 fully saturated rings. The van der Waals surface area contributed by atoms with Gasteiger partial charge in [-0.05, 0) is 19.8 Å². The largest absolute Gasteiger partial charge is 0.313 e. The third-order valence-electron chi connectivity index (χ3n) is 1.77. The molecule has 4 heteroatoms. The predicted octanol–water partition coefficient (Wildman–Crippen LogP) is 0.975. The molecule has 0 saturated heterocycles. The van der Waals surface area contributed by atoms with Crippen LogP contribution in [0.2, 0.25) is 0 Å². The van der Waals surface area contributed by atoms with Crippen LogP contribution in [0, 0.1) is 0 Å². The molecule has 0 aliphatic rings. The van der Waals surface area contributed by atoms with Crippen LogP contribution in [0.3, 0.4) is 0 Å². The topological polar surface area (TPSA) is 46.2 Å². The van der Waals surface area contributed by atoms with Crippen LogP contribution in [0.15, 0.2) is 12.7 Å². The Kier molecular flexibility index (Phi) is 5.99. The van der Waals surface area contributed by atoms with E-state index >= 15 is 0 Å². The highest BCUT2D eigenvalue weighted by Crippen LogP contribution is 1.96. The van der Waals surface area contributed by atoms with Crippen molar-refractivity contribution in [3.8, 4) is 0 Å². The van der Waals surface area contributed by atoms with Gasteiger partial charge in [0.1, 0.15) is 9.84 Å². The van der Waals surface area contributed by atoms with Gasteiger partial charge in [-0.1, -0.05) is 6.08 Å². The van der Waals surface area contributed by atoms with Gasteiger partial charge in [0.05, 0.1) is 5.75 Å². The molecule has 78 valence electrons. The van der Waals surface area contributed by atoms with E-state index in [-0.39, 0.29) is 5.75 Å². The standard InChI is InChI=1S/C9H19NO2S/c1-4-5-6-9(2)10-7-8-13(3,11)12/h4,9-10H,1,5-8H2,2-3H3. The van der Waals surface area contributed by atoms with E-state index in [9.17, 15) is 8.42 Å². The molecule has 0 rings (SSSR count). The average Bonchev–Trinajstić information content (AvgIpc) is 1.98. The van der Waals surface area contributed by atoms with Crippen molar-refractivity contribution >= 4 is 9.84 Å². The zero-order chi connectivity index (χ0) is 10.3. The molecule has 0 amide bonds. The van der Waals surface area contributed by atoms with Crippen molar-refractivity contribution in [2.75, 3.05) is 18.6 Å². The summed E-state index contributed by atoms with van der Waals surface area (Å²) in [6.07, 6.45) is 5.10. The smallest absolute Gasteiger partial charge is 0.148 e. The molecule has 13 heavy (non-hydrogen) atoms. The Hall–Kier alpha value is -0.350. The highest BCUT2D eigenvalue weighted by Gasteiger charge is 2.03. The Labute approximate surface area is 81.1 Å². The van der Waals surface area contributed by atoms with E-state index in [1.54, 1.807) is 0 Å². The number of sulfone groups is 1. The molecule has 1 atom stereocenters. The van der Waals surface area contributed by atoms with E-state index < -0.39 is 9.84 Å². The molecule has 1 unspecified atom stereocenters. The molecule has 3 nitrogen and oxygen atoms in total. The fourth-order valence-electron chi connectivity index (χ4n) is 0.961. The van der Waals surface area contributed by atoms with Gasteiger partial charge in [-0.25, -0.2) is 8.42 Å². The summed E-state index contributed by atoms with van der Waals surface area (Å²) in [6, 6.07) is 0.361. The Morgan fingerprint density at radius 2 is 2.15 bits per heavy atom. The van der Waals surface area contributed by atoms with Crippen molar-refractivity contribution in [1.82, 2.24) is 5.32 Å². The first kappa shape index (κ1) is 12.7. The number of nitrogens with one attached hydrogen (secondary N) is 1. The van der Waals surface area contributed by atoms with Gasteiger partial charge in [0.25, 0.3) is 0 Å². The van der Waals surface area contributed by atoms with Crippen molar-refractivity contribution in [3.63, 3.8) is 0 Å². The van der Waals surface area contributed by atoms with Crippen LogP contribution < -0.4 is 5.32 Å². The molecule has 1 N–H and O–H groups in total. The summed E-state index contributed by atoms with van der Waals surface area (Å²) in [5.74, 6) is 0.214. The Morgan fingerprint density at radius 3 is 2.62 bits per heavy atom. The maximum atomic E-state index is 10.8. The van der Waals surface area contributed by atoms with Gasteiger partial charge in [0, 0.05) is 18.8 Å². The second kappa shape index (κ2) is 6.16. The van der Waals surface area contributed by atoms with E-state index in [0.717, 1.165) is 12.8 Å². The van der Waals surface area contributed by atoms with Gasteiger partial charge in [-0.3, -0.25) is 0 Å². The van der Waals surface area contributed by atoms with Gasteiger partial charge in [-0.2, -0.15) is 0 Å². The molecule has 0 spiro atoms. The first-order chi connectivity index (χ1) is 5.95. The summed E-state index contributed by atoms with van der Waals surface area (Å²) in [7, 11) is -2.82. The zero-order valence-electron chi connectivity index (χ0n) is 8.41. The number of hydrogen-bond donors (Lipinski definition) is 1. The summed E-state index contributed by atoms with van der Waals surface area (Å²) >= 11 is 0. The van der Waals surface area contributed by atoms with Crippen LogP contribution in [-0.4, -0.2) is 33.0 Å². The third-order valence-corrected chi connectivity index (χ3v) is 2.72. The van der Waals surface area contributed by atoms with Crippen LogP contribution in [0.5, 0.6) is 0 Å². The minimum atomic E-state index is -2.82. The first-order valence-electron chi connectivity index (χ1n) is 4.47.